The third kappa shape index (κ3) is 5.10. The van der Waals surface area contributed by atoms with Gasteiger partial charge in [0.05, 0.1) is 18.2 Å². The van der Waals surface area contributed by atoms with E-state index in [4.69, 9.17) is 25.8 Å². The summed E-state index contributed by atoms with van der Waals surface area (Å²) >= 11 is 6.39. The van der Waals surface area contributed by atoms with Crippen LogP contribution in [0.4, 0.5) is 4.39 Å². The van der Waals surface area contributed by atoms with Crippen LogP contribution in [-0.4, -0.2) is 26.4 Å². The highest BCUT2D eigenvalue weighted by Gasteiger charge is 2.16. The van der Waals surface area contributed by atoms with E-state index in [2.05, 4.69) is 5.32 Å². The van der Waals surface area contributed by atoms with Crippen molar-refractivity contribution < 1.29 is 18.6 Å². The number of rotatable bonds is 8. The number of nitrogens with one attached hydrogen (secondary N) is 1. The van der Waals surface area contributed by atoms with E-state index in [1.165, 1.54) is 12.1 Å². The van der Waals surface area contributed by atoms with Crippen molar-refractivity contribution in [3.8, 4) is 11.5 Å². The monoisotopic (exact) mass is 379 g/mol. The van der Waals surface area contributed by atoms with Gasteiger partial charge in [-0.15, -0.1) is 0 Å². The number of halogens is 2. The minimum atomic E-state index is -0.274. The first-order valence-electron chi connectivity index (χ1n) is 8.71. The topological polar surface area (TPSA) is 39.7 Å². The molecule has 0 saturated carbocycles. The number of ether oxygens (including phenoxy) is 3. The first-order valence-corrected chi connectivity index (χ1v) is 9.09. The molecule has 2 aromatic rings. The van der Waals surface area contributed by atoms with Gasteiger partial charge in [-0.1, -0.05) is 23.7 Å². The van der Waals surface area contributed by atoms with Crippen molar-refractivity contribution >= 4 is 11.6 Å². The average molecular weight is 380 g/mol. The lowest BCUT2D eigenvalue weighted by Crippen LogP contribution is -2.25. The zero-order valence-electron chi connectivity index (χ0n) is 14.8. The molecule has 0 radical (unpaired) electrons. The second-order valence-electron chi connectivity index (χ2n) is 6.29. The van der Waals surface area contributed by atoms with Gasteiger partial charge in [0.2, 0.25) is 0 Å². The van der Waals surface area contributed by atoms with Crippen LogP contribution in [0.2, 0.25) is 5.02 Å². The molecule has 0 bridgehead atoms. The van der Waals surface area contributed by atoms with Crippen LogP contribution in [0.5, 0.6) is 11.5 Å². The van der Waals surface area contributed by atoms with Crippen molar-refractivity contribution in [3.63, 3.8) is 0 Å². The molecule has 1 aliphatic rings. The molecule has 1 atom stereocenters. The maximum Gasteiger partial charge on any atom is 0.180 e. The van der Waals surface area contributed by atoms with Crippen molar-refractivity contribution in [2.45, 2.75) is 32.1 Å². The predicted molar refractivity (Wildman–Crippen MR) is 99.4 cm³/mol. The molecule has 1 heterocycles. The highest BCUT2D eigenvalue weighted by molar-refractivity contribution is 6.32. The number of benzene rings is 2. The zero-order chi connectivity index (χ0) is 18.4. The van der Waals surface area contributed by atoms with Gasteiger partial charge in [0, 0.05) is 19.7 Å². The summed E-state index contributed by atoms with van der Waals surface area (Å²) in [5.41, 5.74) is 1.87. The van der Waals surface area contributed by atoms with Crippen LogP contribution in [0.25, 0.3) is 0 Å². The maximum atomic E-state index is 13.0. The molecule has 26 heavy (non-hydrogen) atoms. The molecule has 0 amide bonds. The Balaban J connectivity index is 1.61. The largest absolute Gasteiger partial charge is 0.493 e. The van der Waals surface area contributed by atoms with Gasteiger partial charge in [-0.2, -0.15) is 0 Å². The van der Waals surface area contributed by atoms with Gasteiger partial charge >= 0.3 is 0 Å². The maximum absolute atomic E-state index is 13.0. The number of hydrogen-bond donors (Lipinski definition) is 1. The summed E-state index contributed by atoms with van der Waals surface area (Å²) in [6.07, 6.45) is 2.53. The van der Waals surface area contributed by atoms with Gasteiger partial charge < -0.3 is 19.5 Å². The van der Waals surface area contributed by atoms with E-state index in [9.17, 15) is 4.39 Å². The smallest absolute Gasteiger partial charge is 0.180 e. The van der Waals surface area contributed by atoms with E-state index in [0.717, 1.165) is 37.1 Å². The van der Waals surface area contributed by atoms with Crippen molar-refractivity contribution in [1.82, 2.24) is 5.32 Å². The van der Waals surface area contributed by atoms with Gasteiger partial charge in [-0.05, 0) is 48.2 Å². The Kier molecular flexibility index (Phi) is 6.72. The first-order chi connectivity index (χ1) is 12.7. The molecule has 4 nitrogen and oxygen atoms in total. The Hall–Kier alpha value is -1.82. The van der Waals surface area contributed by atoms with Gasteiger partial charge in [-0.25, -0.2) is 4.39 Å². The molecule has 0 aromatic heterocycles. The summed E-state index contributed by atoms with van der Waals surface area (Å²) in [7, 11) is 1.58. The predicted octanol–water partition coefficient (Wildman–Crippen LogP) is 4.34. The SMILES string of the molecule is COc1cc(CNC[C@@H]2CCCO2)cc(Cl)c1OCc1ccc(F)cc1. The molecule has 3 rings (SSSR count). The van der Waals surface area contributed by atoms with E-state index < -0.39 is 0 Å². The van der Waals surface area contributed by atoms with Crippen molar-refractivity contribution in [2.75, 3.05) is 20.3 Å². The van der Waals surface area contributed by atoms with Gasteiger partial charge in [0.15, 0.2) is 11.5 Å². The second kappa shape index (κ2) is 9.21. The molecule has 1 fully saturated rings. The number of hydrogen-bond acceptors (Lipinski definition) is 4. The molecule has 1 saturated heterocycles. The summed E-state index contributed by atoms with van der Waals surface area (Å²) < 4.78 is 29.8. The minimum absolute atomic E-state index is 0.274. The molecular weight excluding hydrogens is 357 g/mol. The van der Waals surface area contributed by atoms with Crippen molar-refractivity contribution in [1.29, 1.82) is 0 Å². The third-order valence-corrected chi connectivity index (χ3v) is 4.59. The van der Waals surface area contributed by atoms with Crippen LogP contribution < -0.4 is 14.8 Å². The zero-order valence-corrected chi connectivity index (χ0v) is 15.5. The molecule has 1 aliphatic heterocycles. The fourth-order valence-electron chi connectivity index (χ4n) is 2.93. The first kappa shape index (κ1) is 19.0. The average Bonchev–Trinajstić information content (AvgIpc) is 3.15. The quantitative estimate of drug-likeness (QED) is 0.740. The lowest BCUT2D eigenvalue weighted by atomic mass is 10.2. The van der Waals surface area contributed by atoms with Crippen LogP contribution in [-0.2, 0) is 17.9 Å². The van der Waals surface area contributed by atoms with Crippen LogP contribution in [0, 0.1) is 5.82 Å². The Labute approximate surface area is 158 Å². The lowest BCUT2D eigenvalue weighted by molar-refractivity contribution is 0.110. The fraction of sp³-hybridized carbons (Fsp3) is 0.400. The molecular formula is C20H23ClFNO3. The molecule has 0 aliphatic carbocycles. The third-order valence-electron chi connectivity index (χ3n) is 4.31. The molecule has 2 aromatic carbocycles. The fourth-order valence-corrected chi connectivity index (χ4v) is 3.22. The Bertz CT molecular complexity index is 718. The second-order valence-corrected chi connectivity index (χ2v) is 6.70. The van der Waals surface area contributed by atoms with E-state index in [-0.39, 0.29) is 12.4 Å². The van der Waals surface area contributed by atoms with Crippen molar-refractivity contribution in [3.05, 3.63) is 58.4 Å². The molecule has 0 spiro atoms. The Morgan fingerprint density at radius 2 is 2.04 bits per heavy atom. The molecule has 0 unspecified atom stereocenters. The van der Waals surface area contributed by atoms with Crippen LogP contribution in [0.3, 0.4) is 0 Å². The summed E-state index contributed by atoms with van der Waals surface area (Å²) in [5.74, 6) is 0.791. The van der Waals surface area contributed by atoms with Gasteiger partial charge in [0.25, 0.3) is 0 Å². The highest BCUT2D eigenvalue weighted by atomic mass is 35.5. The summed E-state index contributed by atoms with van der Waals surface area (Å²) in [5, 5.41) is 3.88. The van der Waals surface area contributed by atoms with Crippen LogP contribution in [0.15, 0.2) is 36.4 Å². The normalized spacial score (nSPS) is 16.7. The van der Waals surface area contributed by atoms with Gasteiger partial charge in [0.1, 0.15) is 12.4 Å². The lowest BCUT2D eigenvalue weighted by Gasteiger charge is -2.15. The molecule has 6 heteroatoms. The van der Waals surface area contributed by atoms with Crippen molar-refractivity contribution in [2.24, 2.45) is 0 Å². The molecule has 140 valence electrons. The Morgan fingerprint density at radius 3 is 2.73 bits per heavy atom. The summed E-state index contributed by atoms with van der Waals surface area (Å²) in [6, 6.07) is 9.94. The summed E-state index contributed by atoms with van der Waals surface area (Å²) in [6.45, 7) is 2.63. The van der Waals surface area contributed by atoms with E-state index in [1.807, 2.05) is 12.1 Å². The van der Waals surface area contributed by atoms with E-state index >= 15 is 0 Å². The summed E-state index contributed by atoms with van der Waals surface area (Å²) in [4.78, 5) is 0. The number of methoxy groups -OCH3 is 1. The van der Waals surface area contributed by atoms with Crippen LogP contribution in [0.1, 0.15) is 24.0 Å². The van der Waals surface area contributed by atoms with Crippen LogP contribution >= 0.6 is 11.6 Å². The standard InChI is InChI=1S/C20H23ClFNO3/c1-24-19-10-15(11-23-12-17-3-2-8-25-17)9-18(21)20(19)26-13-14-4-6-16(22)7-5-14/h4-7,9-10,17,23H,2-3,8,11-13H2,1H3/t17-/m0/s1. The Morgan fingerprint density at radius 1 is 1.23 bits per heavy atom. The highest BCUT2D eigenvalue weighted by Crippen LogP contribution is 2.37. The van der Waals surface area contributed by atoms with E-state index in [1.54, 1.807) is 19.2 Å². The molecule has 1 N–H and O–H groups in total. The van der Waals surface area contributed by atoms with E-state index in [0.29, 0.717) is 29.2 Å². The minimum Gasteiger partial charge on any atom is -0.493 e. The van der Waals surface area contributed by atoms with Gasteiger partial charge in [-0.3, -0.25) is 0 Å².